The Labute approximate surface area is 104 Å². The number of ether oxygens (including phenoxy) is 2. The molecular weight excluding hydrogens is 251 g/mol. The van der Waals surface area contributed by atoms with Crippen molar-refractivity contribution < 1.29 is 14.6 Å². The van der Waals surface area contributed by atoms with Gasteiger partial charge in [0.1, 0.15) is 23.0 Å². The van der Waals surface area contributed by atoms with Crippen molar-refractivity contribution in [3.63, 3.8) is 0 Å². The van der Waals surface area contributed by atoms with Crippen LogP contribution in [0.5, 0.6) is 5.75 Å². The SMILES string of the molecule is COC1C(O)CC1Oc1cccc(Cl)c1Cl. The van der Waals surface area contributed by atoms with Crippen LogP contribution in [0.4, 0.5) is 0 Å². The minimum Gasteiger partial charge on any atom is -0.486 e. The van der Waals surface area contributed by atoms with Gasteiger partial charge in [0.25, 0.3) is 0 Å². The van der Waals surface area contributed by atoms with E-state index in [0.29, 0.717) is 22.2 Å². The Kier molecular flexibility index (Phi) is 3.60. The van der Waals surface area contributed by atoms with E-state index in [-0.39, 0.29) is 12.2 Å². The molecule has 0 aromatic heterocycles. The monoisotopic (exact) mass is 262 g/mol. The third-order valence-corrected chi connectivity index (χ3v) is 3.49. The van der Waals surface area contributed by atoms with Crippen molar-refractivity contribution in [2.75, 3.05) is 7.11 Å². The lowest BCUT2D eigenvalue weighted by atomic mass is 9.88. The number of methoxy groups -OCH3 is 1. The first-order chi connectivity index (χ1) is 7.63. The Morgan fingerprint density at radius 2 is 2.12 bits per heavy atom. The van der Waals surface area contributed by atoms with Crippen LogP contribution in [0.25, 0.3) is 0 Å². The van der Waals surface area contributed by atoms with Crippen molar-refractivity contribution in [1.29, 1.82) is 0 Å². The maximum atomic E-state index is 9.42. The van der Waals surface area contributed by atoms with Crippen LogP contribution in [0.3, 0.4) is 0 Å². The van der Waals surface area contributed by atoms with Crippen LogP contribution < -0.4 is 4.74 Å². The molecule has 2 rings (SSSR count). The second-order valence-corrected chi connectivity index (χ2v) is 4.50. The lowest BCUT2D eigenvalue weighted by Crippen LogP contribution is -2.54. The van der Waals surface area contributed by atoms with Crippen LogP contribution in [0.15, 0.2) is 18.2 Å². The van der Waals surface area contributed by atoms with Crippen LogP contribution in [0.1, 0.15) is 6.42 Å². The molecule has 88 valence electrons. The Hall–Kier alpha value is -0.480. The van der Waals surface area contributed by atoms with Gasteiger partial charge in [0.05, 0.1) is 11.1 Å². The second-order valence-electron chi connectivity index (χ2n) is 3.71. The summed E-state index contributed by atoms with van der Waals surface area (Å²) < 4.78 is 10.7. The molecule has 3 atom stereocenters. The molecule has 1 aliphatic rings. The minimum atomic E-state index is -0.465. The normalized spacial score (nSPS) is 28.6. The molecular formula is C11H12Cl2O3. The summed E-state index contributed by atoms with van der Waals surface area (Å²) in [6.07, 6.45) is -0.389. The first kappa shape index (κ1) is 12.0. The van der Waals surface area contributed by atoms with E-state index >= 15 is 0 Å². The summed E-state index contributed by atoms with van der Waals surface area (Å²) in [6, 6.07) is 5.20. The molecule has 1 N–H and O–H groups in total. The summed E-state index contributed by atoms with van der Waals surface area (Å²) in [7, 11) is 1.54. The molecule has 1 saturated carbocycles. The predicted octanol–water partition coefficient (Wildman–Crippen LogP) is 2.52. The molecule has 0 radical (unpaired) electrons. The number of rotatable bonds is 3. The smallest absolute Gasteiger partial charge is 0.139 e. The lowest BCUT2D eigenvalue weighted by molar-refractivity contribution is -0.149. The minimum absolute atomic E-state index is 0.170. The van der Waals surface area contributed by atoms with Gasteiger partial charge in [0.2, 0.25) is 0 Å². The maximum Gasteiger partial charge on any atom is 0.139 e. The van der Waals surface area contributed by atoms with Crippen LogP contribution in [-0.4, -0.2) is 30.5 Å². The molecule has 16 heavy (non-hydrogen) atoms. The van der Waals surface area contributed by atoms with Gasteiger partial charge >= 0.3 is 0 Å². The Balaban J connectivity index is 2.07. The molecule has 0 bridgehead atoms. The van der Waals surface area contributed by atoms with Gasteiger partial charge in [-0.25, -0.2) is 0 Å². The van der Waals surface area contributed by atoms with Crippen LogP contribution in [-0.2, 0) is 4.74 Å². The number of halogens is 2. The highest BCUT2D eigenvalue weighted by Gasteiger charge is 2.42. The maximum absolute atomic E-state index is 9.42. The quantitative estimate of drug-likeness (QED) is 0.910. The van der Waals surface area contributed by atoms with Gasteiger partial charge in [0.15, 0.2) is 0 Å². The fourth-order valence-electron chi connectivity index (χ4n) is 1.72. The zero-order valence-corrected chi connectivity index (χ0v) is 10.2. The molecule has 0 spiro atoms. The van der Waals surface area contributed by atoms with E-state index in [4.69, 9.17) is 32.7 Å². The van der Waals surface area contributed by atoms with Crippen molar-refractivity contribution in [3.05, 3.63) is 28.2 Å². The molecule has 5 heteroatoms. The van der Waals surface area contributed by atoms with Gasteiger partial charge in [-0.2, -0.15) is 0 Å². The van der Waals surface area contributed by atoms with E-state index in [1.165, 1.54) is 0 Å². The van der Waals surface area contributed by atoms with Gasteiger partial charge in [0, 0.05) is 13.5 Å². The van der Waals surface area contributed by atoms with Crippen molar-refractivity contribution in [1.82, 2.24) is 0 Å². The lowest BCUT2D eigenvalue weighted by Gasteiger charge is -2.40. The Morgan fingerprint density at radius 3 is 2.75 bits per heavy atom. The molecule has 1 fully saturated rings. The van der Waals surface area contributed by atoms with E-state index in [1.807, 2.05) is 0 Å². The van der Waals surface area contributed by atoms with Crippen molar-refractivity contribution >= 4 is 23.2 Å². The third-order valence-electron chi connectivity index (χ3n) is 2.69. The third kappa shape index (κ3) is 2.13. The average Bonchev–Trinajstić information content (AvgIpc) is 2.24. The summed E-state index contributed by atoms with van der Waals surface area (Å²) in [5.41, 5.74) is 0. The highest BCUT2D eigenvalue weighted by atomic mass is 35.5. The molecule has 1 aromatic rings. The van der Waals surface area contributed by atoms with Crippen LogP contribution in [0, 0.1) is 0 Å². The summed E-state index contributed by atoms with van der Waals surface area (Å²) in [6.45, 7) is 0. The van der Waals surface area contributed by atoms with E-state index in [2.05, 4.69) is 0 Å². The molecule has 1 aliphatic carbocycles. The number of aliphatic hydroxyl groups is 1. The summed E-state index contributed by atoms with van der Waals surface area (Å²) in [4.78, 5) is 0. The number of benzene rings is 1. The highest BCUT2D eigenvalue weighted by molar-refractivity contribution is 6.42. The van der Waals surface area contributed by atoms with Gasteiger partial charge in [-0.15, -0.1) is 0 Å². The zero-order valence-electron chi connectivity index (χ0n) is 8.69. The number of hydrogen-bond donors (Lipinski definition) is 1. The van der Waals surface area contributed by atoms with E-state index in [1.54, 1.807) is 25.3 Å². The summed E-state index contributed by atoms with van der Waals surface area (Å²) >= 11 is 11.9. The second kappa shape index (κ2) is 4.80. The molecule has 3 nitrogen and oxygen atoms in total. The highest BCUT2D eigenvalue weighted by Crippen LogP contribution is 2.35. The van der Waals surface area contributed by atoms with Crippen molar-refractivity contribution in [2.45, 2.75) is 24.7 Å². The molecule has 1 aromatic carbocycles. The number of aliphatic hydroxyl groups excluding tert-OH is 1. The van der Waals surface area contributed by atoms with E-state index in [9.17, 15) is 5.11 Å². The fraction of sp³-hybridized carbons (Fsp3) is 0.455. The zero-order chi connectivity index (χ0) is 11.7. The largest absolute Gasteiger partial charge is 0.486 e. The topological polar surface area (TPSA) is 38.7 Å². The van der Waals surface area contributed by atoms with E-state index in [0.717, 1.165) is 0 Å². The molecule has 0 aliphatic heterocycles. The van der Waals surface area contributed by atoms with Crippen molar-refractivity contribution in [3.8, 4) is 5.75 Å². The van der Waals surface area contributed by atoms with Gasteiger partial charge < -0.3 is 14.6 Å². The Bertz CT molecular complexity index is 383. The fourth-order valence-corrected chi connectivity index (χ4v) is 2.06. The first-order valence-corrected chi connectivity index (χ1v) is 5.70. The van der Waals surface area contributed by atoms with Crippen LogP contribution in [0.2, 0.25) is 10.0 Å². The van der Waals surface area contributed by atoms with E-state index < -0.39 is 6.10 Å². The Morgan fingerprint density at radius 1 is 1.38 bits per heavy atom. The standard InChI is InChI=1S/C11H12Cl2O3/c1-15-11-7(14)5-9(11)16-8-4-2-3-6(12)10(8)13/h2-4,7,9,11,14H,5H2,1H3. The number of hydrogen-bond acceptors (Lipinski definition) is 3. The molecule has 0 saturated heterocycles. The molecule has 3 unspecified atom stereocenters. The molecule has 0 heterocycles. The average molecular weight is 263 g/mol. The van der Waals surface area contributed by atoms with Gasteiger partial charge in [-0.3, -0.25) is 0 Å². The molecule has 0 amide bonds. The summed E-state index contributed by atoms with van der Waals surface area (Å²) in [5.74, 6) is 0.521. The summed E-state index contributed by atoms with van der Waals surface area (Å²) in [5, 5.41) is 10.3. The first-order valence-electron chi connectivity index (χ1n) is 4.95. The van der Waals surface area contributed by atoms with Gasteiger partial charge in [-0.1, -0.05) is 29.3 Å². The van der Waals surface area contributed by atoms with Crippen LogP contribution >= 0.6 is 23.2 Å². The van der Waals surface area contributed by atoms with Gasteiger partial charge in [-0.05, 0) is 12.1 Å². The predicted molar refractivity (Wildman–Crippen MR) is 62.3 cm³/mol. The van der Waals surface area contributed by atoms with Crippen molar-refractivity contribution in [2.24, 2.45) is 0 Å².